The maximum absolute atomic E-state index is 12.6. The van der Waals surface area contributed by atoms with Gasteiger partial charge in [-0.15, -0.1) is 0 Å². The summed E-state index contributed by atoms with van der Waals surface area (Å²) in [5.74, 6) is -0.416. The summed E-state index contributed by atoms with van der Waals surface area (Å²) in [6, 6.07) is 5.13. The number of halogens is 4. The van der Waals surface area contributed by atoms with Gasteiger partial charge in [0.15, 0.2) is 5.76 Å². The predicted octanol–water partition coefficient (Wildman–Crippen LogP) is 4.31. The minimum Gasteiger partial charge on any atom is -0.400 e. The summed E-state index contributed by atoms with van der Waals surface area (Å²) in [5.41, 5.74) is 1.37. The molecule has 10 heteroatoms. The number of hydrazone groups is 1. The standard InChI is InChI=1S/C12H7ClF3N3O3/c13-9-3-1-7(12(14,15)16)5-10(9)18-17-6-8-2-4-11(22-8)19(20)21/h1-6,18H. The molecule has 0 amide bonds. The van der Waals surface area contributed by atoms with Gasteiger partial charge in [-0.3, -0.25) is 15.5 Å². The second-order valence-corrected chi connectivity index (χ2v) is 4.40. The van der Waals surface area contributed by atoms with Gasteiger partial charge in [-0.2, -0.15) is 18.3 Å². The van der Waals surface area contributed by atoms with E-state index in [0.717, 1.165) is 30.5 Å². The van der Waals surface area contributed by atoms with Crippen LogP contribution in [0, 0.1) is 10.1 Å². The Morgan fingerprint density at radius 2 is 2.05 bits per heavy atom. The van der Waals surface area contributed by atoms with Crippen molar-refractivity contribution in [2.75, 3.05) is 5.43 Å². The van der Waals surface area contributed by atoms with Crippen LogP contribution in [0.1, 0.15) is 11.3 Å². The van der Waals surface area contributed by atoms with Gasteiger partial charge in [0.25, 0.3) is 0 Å². The molecule has 0 spiro atoms. The van der Waals surface area contributed by atoms with Crippen molar-refractivity contribution in [2.45, 2.75) is 6.18 Å². The molecule has 0 saturated carbocycles. The molecule has 2 rings (SSSR count). The predicted molar refractivity (Wildman–Crippen MR) is 73.0 cm³/mol. The SMILES string of the molecule is O=[N+]([O-])c1ccc(C=NNc2cc(C(F)(F)F)ccc2Cl)o1. The van der Waals surface area contributed by atoms with Crippen LogP contribution in [0.15, 0.2) is 39.9 Å². The molecule has 0 fully saturated rings. The quantitative estimate of drug-likeness (QED) is 0.513. The minimum absolute atomic E-state index is 0.0376. The van der Waals surface area contributed by atoms with Crippen LogP contribution in [0.3, 0.4) is 0 Å². The van der Waals surface area contributed by atoms with Gasteiger partial charge in [-0.05, 0) is 24.3 Å². The molecule has 0 aliphatic heterocycles. The average molecular weight is 334 g/mol. The molecule has 1 heterocycles. The van der Waals surface area contributed by atoms with E-state index in [-0.39, 0.29) is 16.5 Å². The topological polar surface area (TPSA) is 80.7 Å². The van der Waals surface area contributed by atoms with Crippen molar-refractivity contribution in [3.63, 3.8) is 0 Å². The third-order valence-electron chi connectivity index (χ3n) is 2.46. The maximum atomic E-state index is 12.6. The largest absolute Gasteiger partial charge is 0.433 e. The lowest BCUT2D eigenvalue weighted by Gasteiger charge is -2.09. The van der Waals surface area contributed by atoms with Crippen LogP contribution in [0.5, 0.6) is 0 Å². The lowest BCUT2D eigenvalue weighted by atomic mass is 10.2. The van der Waals surface area contributed by atoms with Crippen LogP contribution < -0.4 is 5.43 Å². The van der Waals surface area contributed by atoms with Gasteiger partial charge in [0.2, 0.25) is 0 Å². The zero-order valence-electron chi connectivity index (χ0n) is 10.6. The van der Waals surface area contributed by atoms with Crippen LogP contribution in [-0.2, 0) is 6.18 Å². The van der Waals surface area contributed by atoms with Gasteiger partial charge in [0, 0.05) is 0 Å². The lowest BCUT2D eigenvalue weighted by molar-refractivity contribution is -0.402. The number of nitrogens with one attached hydrogen (secondary N) is 1. The lowest BCUT2D eigenvalue weighted by Crippen LogP contribution is -2.05. The second kappa shape index (κ2) is 6.06. The van der Waals surface area contributed by atoms with Crippen molar-refractivity contribution in [3.8, 4) is 0 Å². The first-order valence-corrected chi connectivity index (χ1v) is 6.05. The van der Waals surface area contributed by atoms with Gasteiger partial charge in [0.05, 0.1) is 28.6 Å². The molecule has 0 radical (unpaired) electrons. The van der Waals surface area contributed by atoms with E-state index in [1.807, 2.05) is 0 Å². The summed E-state index contributed by atoms with van der Waals surface area (Å²) in [6.45, 7) is 0. The molecule has 2 aromatic rings. The minimum atomic E-state index is -4.51. The fourth-order valence-electron chi connectivity index (χ4n) is 1.46. The summed E-state index contributed by atoms with van der Waals surface area (Å²) in [5, 5.41) is 14.1. The maximum Gasteiger partial charge on any atom is 0.433 e. The Kier molecular flexibility index (Phi) is 4.36. The molecule has 1 aromatic heterocycles. The molecule has 22 heavy (non-hydrogen) atoms. The van der Waals surface area contributed by atoms with Crippen molar-refractivity contribution in [1.29, 1.82) is 0 Å². The number of nitrogens with zero attached hydrogens (tertiary/aromatic N) is 2. The molecular formula is C12H7ClF3N3O3. The van der Waals surface area contributed by atoms with E-state index in [2.05, 4.69) is 10.5 Å². The zero-order chi connectivity index (χ0) is 16.3. The number of alkyl halides is 3. The highest BCUT2D eigenvalue weighted by Crippen LogP contribution is 2.33. The Hall–Kier alpha value is -2.55. The highest BCUT2D eigenvalue weighted by molar-refractivity contribution is 6.33. The third kappa shape index (κ3) is 3.76. The zero-order valence-corrected chi connectivity index (χ0v) is 11.4. The Morgan fingerprint density at radius 3 is 2.64 bits per heavy atom. The first-order chi connectivity index (χ1) is 10.3. The Balaban J connectivity index is 2.13. The molecule has 6 nitrogen and oxygen atoms in total. The smallest absolute Gasteiger partial charge is 0.400 e. The molecule has 0 aliphatic rings. The van der Waals surface area contributed by atoms with E-state index in [9.17, 15) is 23.3 Å². The second-order valence-electron chi connectivity index (χ2n) is 4.00. The molecule has 1 aromatic carbocycles. The molecule has 1 N–H and O–H groups in total. The van der Waals surface area contributed by atoms with Crippen molar-refractivity contribution in [2.24, 2.45) is 5.10 Å². The van der Waals surface area contributed by atoms with Crippen LogP contribution >= 0.6 is 11.6 Å². The Labute approximate surface area is 126 Å². The van der Waals surface area contributed by atoms with E-state index in [1.165, 1.54) is 6.07 Å². The molecule has 116 valence electrons. The number of anilines is 1. The number of hydrogen-bond donors (Lipinski definition) is 1. The average Bonchev–Trinajstić information content (AvgIpc) is 2.88. The van der Waals surface area contributed by atoms with Gasteiger partial charge in [-0.1, -0.05) is 11.6 Å². The van der Waals surface area contributed by atoms with E-state index in [0.29, 0.717) is 0 Å². The molecule has 0 atom stereocenters. The van der Waals surface area contributed by atoms with E-state index >= 15 is 0 Å². The molecule has 0 unspecified atom stereocenters. The van der Waals surface area contributed by atoms with Crippen molar-refractivity contribution < 1.29 is 22.5 Å². The fourth-order valence-corrected chi connectivity index (χ4v) is 1.62. The Morgan fingerprint density at radius 1 is 1.32 bits per heavy atom. The highest BCUT2D eigenvalue weighted by Gasteiger charge is 2.30. The van der Waals surface area contributed by atoms with Gasteiger partial charge in [0.1, 0.15) is 4.92 Å². The summed E-state index contributed by atoms with van der Waals surface area (Å²) >= 11 is 5.76. The monoisotopic (exact) mass is 333 g/mol. The van der Waals surface area contributed by atoms with Crippen LogP contribution in [-0.4, -0.2) is 11.1 Å². The van der Waals surface area contributed by atoms with E-state index < -0.39 is 22.5 Å². The number of hydrogen-bond acceptors (Lipinski definition) is 5. The van der Waals surface area contributed by atoms with Gasteiger partial charge < -0.3 is 4.42 Å². The van der Waals surface area contributed by atoms with Crippen LogP contribution in [0.25, 0.3) is 0 Å². The number of nitro groups is 1. The first-order valence-electron chi connectivity index (χ1n) is 5.67. The van der Waals surface area contributed by atoms with Gasteiger partial charge in [-0.25, -0.2) is 0 Å². The highest BCUT2D eigenvalue weighted by atomic mass is 35.5. The van der Waals surface area contributed by atoms with E-state index in [4.69, 9.17) is 16.0 Å². The number of rotatable bonds is 4. The summed E-state index contributed by atoms with van der Waals surface area (Å²) in [4.78, 5) is 9.69. The first kappa shape index (κ1) is 15.8. The van der Waals surface area contributed by atoms with E-state index in [1.54, 1.807) is 0 Å². The van der Waals surface area contributed by atoms with Crippen LogP contribution in [0.4, 0.5) is 24.7 Å². The van der Waals surface area contributed by atoms with Crippen LogP contribution in [0.2, 0.25) is 5.02 Å². The number of benzene rings is 1. The fraction of sp³-hybridized carbons (Fsp3) is 0.0833. The number of furan rings is 1. The molecule has 0 bridgehead atoms. The molecular weight excluding hydrogens is 327 g/mol. The van der Waals surface area contributed by atoms with Crippen molar-refractivity contribution in [1.82, 2.24) is 0 Å². The van der Waals surface area contributed by atoms with Crippen molar-refractivity contribution in [3.05, 3.63) is 56.8 Å². The summed E-state index contributed by atoms with van der Waals surface area (Å²) in [6.07, 6.45) is -3.43. The third-order valence-corrected chi connectivity index (χ3v) is 2.79. The summed E-state index contributed by atoms with van der Waals surface area (Å²) in [7, 11) is 0. The normalized spacial score (nSPS) is 11.8. The molecule has 0 aliphatic carbocycles. The molecule has 0 saturated heterocycles. The Bertz CT molecular complexity index is 728. The van der Waals surface area contributed by atoms with Crippen molar-refractivity contribution >= 4 is 29.4 Å². The summed E-state index contributed by atoms with van der Waals surface area (Å²) < 4.78 is 42.5. The van der Waals surface area contributed by atoms with Gasteiger partial charge >= 0.3 is 12.1 Å².